The first-order valence-corrected chi connectivity index (χ1v) is 11.0. The number of nitrogens with two attached hydrogens (primary N) is 2. The first-order chi connectivity index (χ1) is 17.6. The summed E-state index contributed by atoms with van der Waals surface area (Å²) in [5.41, 5.74) is 13.4. The number of anilines is 2. The summed E-state index contributed by atoms with van der Waals surface area (Å²) < 4.78 is 42.2. The van der Waals surface area contributed by atoms with Crippen molar-refractivity contribution in [2.24, 2.45) is 5.73 Å². The molecule has 0 aliphatic carbocycles. The molecule has 0 radical (unpaired) electrons. The van der Waals surface area contributed by atoms with E-state index in [1.165, 1.54) is 11.1 Å². The molecule has 0 atom stereocenters. The lowest BCUT2D eigenvalue weighted by atomic mass is 10.0. The van der Waals surface area contributed by atoms with Crippen LogP contribution in [-0.4, -0.2) is 23.2 Å². The molecule has 4 N–H and O–H groups in total. The summed E-state index contributed by atoms with van der Waals surface area (Å²) in [5, 5.41) is 0. The minimum atomic E-state index is -5.04. The van der Waals surface area contributed by atoms with Crippen molar-refractivity contribution in [3.8, 4) is 16.9 Å². The van der Waals surface area contributed by atoms with Gasteiger partial charge in [0.15, 0.2) is 0 Å². The van der Waals surface area contributed by atoms with Gasteiger partial charge in [0.05, 0.1) is 12.1 Å². The van der Waals surface area contributed by atoms with E-state index >= 15 is 0 Å². The van der Waals surface area contributed by atoms with Crippen molar-refractivity contribution in [1.82, 2.24) is 4.98 Å². The van der Waals surface area contributed by atoms with Gasteiger partial charge in [-0.05, 0) is 53.1 Å². The van der Waals surface area contributed by atoms with E-state index in [1.807, 2.05) is 42.5 Å². The lowest BCUT2D eigenvalue weighted by Gasteiger charge is -2.24. The Morgan fingerprint density at radius 2 is 1.57 bits per heavy atom. The van der Waals surface area contributed by atoms with Gasteiger partial charge in [-0.3, -0.25) is 9.59 Å². The number of benzene rings is 3. The highest BCUT2D eigenvalue weighted by Crippen LogP contribution is 2.29. The van der Waals surface area contributed by atoms with Crippen LogP contribution in [-0.2, 0) is 6.54 Å². The first-order valence-electron chi connectivity index (χ1n) is 11.0. The van der Waals surface area contributed by atoms with Gasteiger partial charge in [-0.1, -0.05) is 48.5 Å². The van der Waals surface area contributed by atoms with Gasteiger partial charge in [0, 0.05) is 17.4 Å². The predicted octanol–water partition coefficient (Wildman–Crippen LogP) is 5.18. The molecular weight excluding hydrogens is 485 g/mol. The van der Waals surface area contributed by atoms with Crippen LogP contribution in [0.4, 0.5) is 24.7 Å². The van der Waals surface area contributed by atoms with Crippen molar-refractivity contribution in [1.29, 1.82) is 0 Å². The van der Waals surface area contributed by atoms with Crippen LogP contribution >= 0.6 is 0 Å². The second-order valence-corrected chi connectivity index (χ2v) is 8.02. The van der Waals surface area contributed by atoms with Crippen LogP contribution in [0.3, 0.4) is 0 Å². The third-order valence-corrected chi connectivity index (χ3v) is 5.44. The second kappa shape index (κ2) is 10.4. The Labute approximate surface area is 210 Å². The number of nitrogens with zero attached hydrogens (tertiary/aromatic N) is 2. The molecule has 0 unspecified atom stereocenters. The largest absolute Gasteiger partial charge is 0.573 e. The minimum absolute atomic E-state index is 0.0566. The van der Waals surface area contributed by atoms with Crippen molar-refractivity contribution >= 4 is 23.3 Å². The molecular formula is C27H21F3N4O3. The highest BCUT2D eigenvalue weighted by Gasteiger charge is 2.33. The van der Waals surface area contributed by atoms with Gasteiger partial charge < -0.3 is 21.1 Å². The fraction of sp³-hybridized carbons (Fsp3) is 0.0741. The number of nitrogen functional groups attached to an aromatic ring is 1. The molecule has 37 heavy (non-hydrogen) atoms. The topological polar surface area (TPSA) is 112 Å². The average Bonchev–Trinajstić information content (AvgIpc) is 2.88. The zero-order valence-corrected chi connectivity index (χ0v) is 19.3. The number of alkyl halides is 3. The number of carbonyl (C=O) groups is 2. The molecule has 0 spiro atoms. The highest BCUT2D eigenvalue weighted by atomic mass is 19.4. The smallest absolute Gasteiger partial charge is 0.405 e. The van der Waals surface area contributed by atoms with Crippen LogP contribution < -0.4 is 21.1 Å². The number of hydrogen-bond acceptors (Lipinski definition) is 5. The molecule has 0 saturated carbocycles. The number of primary amides is 1. The monoisotopic (exact) mass is 506 g/mol. The van der Waals surface area contributed by atoms with E-state index in [9.17, 15) is 22.8 Å². The van der Waals surface area contributed by atoms with Crippen LogP contribution in [0, 0.1) is 0 Å². The molecule has 0 bridgehead atoms. The number of hydrogen-bond donors (Lipinski definition) is 2. The zero-order valence-electron chi connectivity index (χ0n) is 19.3. The molecule has 0 aliphatic heterocycles. The number of pyridine rings is 1. The van der Waals surface area contributed by atoms with Gasteiger partial charge >= 0.3 is 6.36 Å². The Kier molecular flexibility index (Phi) is 7.10. The van der Waals surface area contributed by atoms with Crippen LogP contribution in [0.15, 0.2) is 91.1 Å². The summed E-state index contributed by atoms with van der Waals surface area (Å²) in [4.78, 5) is 30.9. The maximum absolute atomic E-state index is 13.6. The van der Waals surface area contributed by atoms with Gasteiger partial charge in [-0.15, -0.1) is 13.2 Å². The van der Waals surface area contributed by atoms with E-state index in [4.69, 9.17) is 11.5 Å². The third kappa shape index (κ3) is 6.23. The van der Waals surface area contributed by atoms with Crippen molar-refractivity contribution in [2.75, 3.05) is 10.6 Å². The van der Waals surface area contributed by atoms with E-state index in [0.29, 0.717) is 17.1 Å². The predicted molar refractivity (Wildman–Crippen MR) is 133 cm³/mol. The molecule has 2 amide bonds. The van der Waals surface area contributed by atoms with Crippen molar-refractivity contribution < 1.29 is 27.5 Å². The minimum Gasteiger partial charge on any atom is -0.405 e. The molecule has 1 heterocycles. The highest BCUT2D eigenvalue weighted by molar-refractivity contribution is 6.08. The number of amides is 2. The van der Waals surface area contributed by atoms with Crippen molar-refractivity contribution in [3.05, 3.63) is 108 Å². The standard InChI is InChI=1S/C27H21F3N4O3/c28-27(29,30)37-23-12-9-20(14-22(23)25(32)35)26(36)34(16-17-6-13-24(31)33-15-17)21-10-7-19(8-11-21)18-4-2-1-3-5-18/h1-15H,16H2,(H2,31,33)(H2,32,35). The summed E-state index contributed by atoms with van der Waals surface area (Å²) in [6.45, 7) is 0.0729. The molecule has 0 aliphatic rings. The summed E-state index contributed by atoms with van der Waals surface area (Å²) in [6, 6.07) is 23.1. The zero-order chi connectivity index (χ0) is 26.6. The molecule has 188 valence electrons. The number of aromatic nitrogens is 1. The maximum atomic E-state index is 13.6. The fourth-order valence-corrected chi connectivity index (χ4v) is 3.68. The quantitative estimate of drug-likeness (QED) is 0.359. The van der Waals surface area contributed by atoms with E-state index < -0.39 is 29.5 Å². The average molecular weight is 506 g/mol. The Balaban J connectivity index is 1.72. The number of carbonyl (C=O) groups excluding carboxylic acids is 2. The van der Waals surface area contributed by atoms with Gasteiger partial charge in [-0.2, -0.15) is 0 Å². The normalized spacial score (nSPS) is 11.1. The van der Waals surface area contributed by atoms with E-state index in [0.717, 1.165) is 29.3 Å². The lowest BCUT2D eigenvalue weighted by Crippen LogP contribution is -2.31. The van der Waals surface area contributed by atoms with Crippen LogP contribution in [0.25, 0.3) is 11.1 Å². The Morgan fingerprint density at radius 1 is 0.892 bits per heavy atom. The van der Waals surface area contributed by atoms with E-state index in [1.54, 1.807) is 24.3 Å². The SMILES string of the molecule is NC(=O)c1cc(C(=O)N(Cc2ccc(N)nc2)c2ccc(-c3ccccc3)cc2)ccc1OC(F)(F)F. The van der Waals surface area contributed by atoms with Crippen LogP contribution in [0.2, 0.25) is 0 Å². The number of halogens is 3. The molecule has 7 nitrogen and oxygen atoms in total. The molecule has 0 fully saturated rings. The van der Waals surface area contributed by atoms with Crippen LogP contribution in [0.1, 0.15) is 26.3 Å². The molecule has 3 aromatic carbocycles. The summed E-state index contributed by atoms with van der Waals surface area (Å²) in [6.07, 6.45) is -3.52. The number of rotatable bonds is 7. The van der Waals surface area contributed by atoms with Gasteiger partial charge in [0.2, 0.25) is 0 Å². The summed E-state index contributed by atoms with van der Waals surface area (Å²) in [7, 11) is 0. The lowest BCUT2D eigenvalue weighted by molar-refractivity contribution is -0.274. The molecule has 4 rings (SSSR count). The maximum Gasteiger partial charge on any atom is 0.573 e. The number of ether oxygens (including phenoxy) is 1. The van der Waals surface area contributed by atoms with Gasteiger partial charge in [-0.25, -0.2) is 4.98 Å². The molecule has 4 aromatic rings. The molecule has 1 aromatic heterocycles. The van der Waals surface area contributed by atoms with E-state index in [-0.39, 0.29) is 12.1 Å². The van der Waals surface area contributed by atoms with Gasteiger partial charge in [0.25, 0.3) is 11.8 Å². The van der Waals surface area contributed by atoms with E-state index in [2.05, 4.69) is 9.72 Å². The third-order valence-electron chi connectivity index (χ3n) is 5.44. The molecule has 0 saturated heterocycles. The Morgan fingerprint density at radius 3 is 2.16 bits per heavy atom. The second-order valence-electron chi connectivity index (χ2n) is 8.02. The van der Waals surface area contributed by atoms with Crippen molar-refractivity contribution in [2.45, 2.75) is 12.9 Å². The first kappa shape index (κ1) is 25.2. The summed E-state index contributed by atoms with van der Waals surface area (Å²) in [5.74, 6) is -2.24. The summed E-state index contributed by atoms with van der Waals surface area (Å²) >= 11 is 0. The Bertz CT molecular complexity index is 1410. The Hall–Kier alpha value is -4.86. The van der Waals surface area contributed by atoms with Crippen molar-refractivity contribution in [3.63, 3.8) is 0 Å². The fourth-order valence-electron chi connectivity index (χ4n) is 3.68. The molecule has 10 heteroatoms. The van der Waals surface area contributed by atoms with Gasteiger partial charge in [0.1, 0.15) is 11.6 Å². The van der Waals surface area contributed by atoms with Crippen LogP contribution in [0.5, 0.6) is 5.75 Å².